The van der Waals surface area contributed by atoms with Gasteiger partial charge in [-0.15, -0.1) is 0 Å². The highest BCUT2D eigenvalue weighted by Crippen LogP contribution is 2.30. The second-order valence-corrected chi connectivity index (χ2v) is 6.49. The minimum absolute atomic E-state index is 0.0936. The molecule has 0 saturated heterocycles. The summed E-state index contributed by atoms with van der Waals surface area (Å²) in [5.41, 5.74) is 5.26. The van der Waals surface area contributed by atoms with E-state index in [1.807, 2.05) is 36.0 Å². The van der Waals surface area contributed by atoms with E-state index in [4.69, 9.17) is 4.98 Å². The van der Waals surface area contributed by atoms with Crippen LogP contribution in [0.2, 0.25) is 0 Å². The number of carbonyl (C=O) groups excluding carboxylic acids is 1. The summed E-state index contributed by atoms with van der Waals surface area (Å²) >= 11 is 0. The predicted octanol–water partition coefficient (Wildman–Crippen LogP) is 2.34. The molecule has 0 aliphatic carbocycles. The highest BCUT2D eigenvalue weighted by Gasteiger charge is 2.27. The molecule has 0 bridgehead atoms. The molecular weight excluding hydrogens is 302 g/mol. The smallest absolute Gasteiger partial charge is 0.220 e. The summed E-state index contributed by atoms with van der Waals surface area (Å²) in [6.07, 6.45) is 3.40. The lowest BCUT2D eigenvalue weighted by Crippen LogP contribution is -2.21. The van der Waals surface area contributed by atoms with Crippen LogP contribution in [-0.2, 0) is 17.9 Å². The highest BCUT2D eigenvalue weighted by molar-refractivity contribution is 5.77. The molecule has 1 aliphatic rings. The Morgan fingerprint density at radius 3 is 3.00 bits per heavy atom. The maximum Gasteiger partial charge on any atom is 0.220 e. The van der Waals surface area contributed by atoms with Gasteiger partial charge in [0.05, 0.1) is 23.6 Å². The van der Waals surface area contributed by atoms with Crippen molar-refractivity contribution in [3.63, 3.8) is 0 Å². The van der Waals surface area contributed by atoms with Crippen molar-refractivity contribution < 1.29 is 4.79 Å². The largest absolute Gasteiger partial charge is 0.350 e. The van der Waals surface area contributed by atoms with Gasteiger partial charge in [0.2, 0.25) is 5.91 Å². The van der Waals surface area contributed by atoms with E-state index >= 15 is 0 Å². The number of hydrogen-bond donors (Lipinski definition) is 1. The molecule has 1 unspecified atom stereocenters. The van der Waals surface area contributed by atoms with Crippen LogP contribution in [0.5, 0.6) is 0 Å². The summed E-state index contributed by atoms with van der Waals surface area (Å²) in [6.45, 7) is 5.38. The molecule has 1 N–H and O–H groups in total. The van der Waals surface area contributed by atoms with Gasteiger partial charge in [-0.1, -0.05) is 6.07 Å². The third-order valence-corrected chi connectivity index (χ3v) is 4.71. The molecule has 0 saturated carbocycles. The molecule has 3 aromatic rings. The number of nitrogens with one attached hydrogen (secondary N) is 1. The van der Waals surface area contributed by atoms with Crippen molar-refractivity contribution in [2.24, 2.45) is 0 Å². The van der Waals surface area contributed by atoms with Crippen molar-refractivity contribution in [3.8, 4) is 0 Å². The third kappa shape index (κ3) is 2.58. The molecular formula is C18H21N5O. The maximum absolute atomic E-state index is 12.1. The molecule has 124 valence electrons. The first-order valence-corrected chi connectivity index (χ1v) is 8.35. The van der Waals surface area contributed by atoms with E-state index in [0.717, 1.165) is 41.4 Å². The second kappa shape index (κ2) is 5.78. The Hall–Kier alpha value is -2.63. The fourth-order valence-electron chi connectivity index (χ4n) is 3.62. The highest BCUT2D eigenvalue weighted by atomic mass is 16.1. The molecule has 24 heavy (non-hydrogen) atoms. The lowest BCUT2D eigenvalue weighted by Gasteiger charge is -2.15. The molecule has 0 radical (unpaired) electrons. The van der Waals surface area contributed by atoms with Crippen LogP contribution in [0.25, 0.3) is 5.65 Å². The van der Waals surface area contributed by atoms with E-state index in [-0.39, 0.29) is 11.8 Å². The number of amides is 1. The number of aryl methyl sites for hydroxylation is 3. The standard InChI is InChI=1S/C18H21N5O/c1-12-9-13(2)23(21-12)8-6-14-10-17(24)19-11-15-18(14)22-7-4-3-5-16(22)20-15/h3-5,7,9,14H,6,8,10-11H2,1-2H3,(H,19,24). The van der Waals surface area contributed by atoms with Gasteiger partial charge in [0.15, 0.2) is 0 Å². The van der Waals surface area contributed by atoms with Crippen LogP contribution in [0.1, 0.15) is 41.5 Å². The van der Waals surface area contributed by atoms with Gasteiger partial charge in [0.1, 0.15) is 5.65 Å². The summed E-state index contributed by atoms with van der Waals surface area (Å²) in [5, 5.41) is 7.50. The van der Waals surface area contributed by atoms with E-state index in [9.17, 15) is 4.79 Å². The SMILES string of the molecule is Cc1cc(C)n(CCC2CC(=O)NCc3nc4ccccn4c32)n1. The Balaban J connectivity index is 1.68. The molecule has 4 heterocycles. The minimum Gasteiger partial charge on any atom is -0.350 e. The molecule has 6 heteroatoms. The van der Waals surface area contributed by atoms with Crippen molar-refractivity contribution in [2.75, 3.05) is 0 Å². The zero-order valence-electron chi connectivity index (χ0n) is 14.0. The Morgan fingerprint density at radius 2 is 2.21 bits per heavy atom. The van der Waals surface area contributed by atoms with E-state index in [1.165, 1.54) is 0 Å². The van der Waals surface area contributed by atoms with E-state index in [2.05, 4.69) is 27.8 Å². The number of aromatic nitrogens is 4. The minimum atomic E-state index is 0.0936. The number of rotatable bonds is 3. The summed E-state index contributed by atoms with van der Waals surface area (Å²) in [4.78, 5) is 16.8. The van der Waals surface area contributed by atoms with Gasteiger partial charge in [-0.3, -0.25) is 9.48 Å². The zero-order chi connectivity index (χ0) is 16.7. The van der Waals surface area contributed by atoms with Crippen molar-refractivity contribution in [1.82, 2.24) is 24.5 Å². The number of hydrogen-bond acceptors (Lipinski definition) is 3. The van der Waals surface area contributed by atoms with Crippen molar-refractivity contribution in [2.45, 2.75) is 45.7 Å². The van der Waals surface area contributed by atoms with Crippen LogP contribution < -0.4 is 5.32 Å². The number of fused-ring (bicyclic) bond motifs is 3. The molecule has 1 amide bonds. The van der Waals surface area contributed by atoms with Gasteiger partial charge in [0, 0.05) is 30.8 Å². The van der Waals surface area contributed by atoms with Crippen LogP contribution in [0.15, 0.2) is 30.5 Å². The van der Waals surface area contributed by atoms with Gasteiger partial charge in [-0.2, -0.15) is 5.10 Å². The maximum atomic E-state index is 12.1. The molecule has 6 nitrogen and oxygen atoms in total. The van der Waals surface area contributed by atoms with Crippen LogP contribution in [0.3, 0.4) is 0 Å². The first-order chi connectivity index (χ1) is 11.6. The normalized spacial score (nSPS) is 17.6. The van der Waals surface area contributed by atoms with Gasteiger partial charge >= 0.3 is 0 Å². The Labute approximate surface area is 140 Å². The van der Waals surface area contributed by atoms with Gasteiger partial charge in [-0.25, -0.2) is 4.98 Å². The average molecular weight is 323 g/mol. The van der Waals surface area contributed by atoms with Crippen LogP contribution in [-0.4, -0.2) is 25.1 Å². The summed E-state index contributed by atoms with van der Waals surface area (Å²) in [7, 11) is 0. The molecule has 1 atom stereocenters. The molecule has 1 aliphatic heterocycles. The summed E-state index contributed by atoms with van der Waals surface area (Å²) < 4.78 is 4.16. The fourth-order valence-corrected chi connectivity index (χ4v) is 3.62. The third-order valence-electron chi connectivity index (χ3n) is 4.71. The van der Waals surface area contributed by atoms with Crippen LogP contribution in [0.4, 0.5) is 0 Å². The Bertz CT molecular complexity index is 907. The number of imidazole rings is 1. The lowest BCUT2D eigenvalue weighted by molar-refractivity contribution is -0.121. The van der Waals surface area contributed by atoms with Gasteiger partial charge < -0.3 is 9.72 Å². The van der Waals surface area contributed by atoms with Crippen molar-refractivity contribution >= 4 is 11.6 Å². The Kier molecular flexibility index (Phi) is 3.59. The monoisotopic (exact) mass is 323 g/mol. The quantitative estimate of drug-likeness (QED) is 0.804. The molecule has 0 spiro atoms. The van der Waals surface area contributed by atoms with Crippen LogP contribution >= 0.6 is 0 Å². The Morgan fingerprint density at radius 1 is 1.33 bits per heavy atom. The first-order valence-electron chi connectivity index (χ1n) is 8.35. The summed E-state index contributed by atoms with van der Waals surface area (Å²) in [6, 6.07) is 8.09. The molecule has 3 aromatic heterocycles. The topological polar surface area (TPSA) is 64.2 Å². The van der Waals surface area contributed by atoms with Gasteiger partial charge in [0.25, 0.3) is 0 Å². The molecule has 0 aromatic carbocycles. The molecule has 0 fully saturated rings. The number of pyridine rings is 1. The van der Waals surface area contributed by atoms with Crippen molar-refractivity contribution in [1.29, 1.82) is 0 Å². The van der Waals surface area contributed by atoms with Gasteiger partial charge in [-0.05, 0) is 38.5 Å². The number of carbonyl (C=O) groups is 1. The second-order valence-electron chi connectivity index (χ2n) is 6.49. The van der Waals surface area contributed by atoms with E-state index in [1.54, 1.807) is 0 Å². The molecule has 4 rings (SSSR count). The zero-order valence-corrected chi connectivity index (χ0v) is 14.0. The average Bonchev–Trinajstić information content (AvgIpc) is 3.03. The summed E-state index contributed by atoms with van der Waals surface area (Å²) in [5.74, 6) is 0.236. The fraction of sp³-hybridized carbons (Fsp3) is 0.389. The first kappa shape index (κ1) is 14.9. The van der Waals surface area contributed by atoms with Crippen LogP contribution in [0, 0.1) is 13.8 Å². The van der Waals surface area contributed by atoms with Crippen molar-refractivity contribution in [3.05, 3.63) is 53.2 Å². The number of nitrogens with zero attached hydrogens (tertiary/aromatic N) is 4. The van der Waals surface area contributed by atoms with E-state index in [0.29, 0.717) is 13.0 Å². The lowest BCUT2D eigenvalue weighted by atomic mass is 9.96. The predicted molar refractivity (Wildman–Crippen MR) is 90.7 cm³/mol. The van der Waals surface area contributed by atoms with E-state index < -0.39 is 0 Å².